The van der Waals surface area contributed by atoms with Gasteiger partial charge in [-0.3, -0.25) is 0 Å². The van der Waals surface area contributed by atoms with Crippen molar-refractivity contribution in [2.75, 3.05) is 0 Å². The third-order valence-electron chi connectivity index (χ3n) is 5.89. The Labute approximate surface area is 181 Å². The smallest absolute Gasteiger partial charge is 0.145 e. The van der Waals surface area contributed by atoms with E-state index in [1.165, 1.54) is 11.1 Å². The summed E-state index contributed by atoms with van der Waals surface area (Å²) in [5, 5.41) is 23.4. The highest BCUT2D eigenvalue weighted by atomic mass is 16.3. The molecular weight excluding hydrogens is 368 g/mol. The van der Waals surface area contributed by atoms with E-state index in [9.17, 15) is 10.2 Å². The largest absolute Gasteiger partial charge is 0.385 e. The highest BCUT2D eigenvalue weighted by Crippen LogP contribution is 2.42. The summed E-state index contributed by atoms with van der Waals surface area (Å²) in [5.74, 6) is 0. The molecule has 0 aliphatic carbocycles. The van der Waals surface area contributed by atoms with Crippen molar-refractivity contribution in [1.29, 1.82) is 0 Å². The molecule has 0 bridgehead atoms. The molecule has 0 saturated heterocycles. The van der Waals surface area contributed by atoms with Crippen molar-refractivity contribution in [2.45, 2.75) is 64.1 Å². The van der Waals surface area contributed by atoms with Crippen molar-refractivity contribution < 1.29 is 10.2 Å². The van der Waals surface area contributed by atoms with Crippen LogP contribution in [0.1, 0.15) is 75.5 Å². The molecule has 3 aromatic rings. The van der Waals surface area contributed by atoms with Gasteiger partial charge < -0.3 is 10.2 Å². The van der Waals surface area contributed by atoms with Gasteiger partial charge in [-0.2, -0.15) is 0 Å². The van der Waals surface area contributed by atoms with Crippen LogP contribution in [0, 0.1) is 0 Å². The molecule has 0 aliphatic heterocycles. The predicted octanol–water partition coefficient (Wildman–Crippen LogP) is 6.25. The molecule has 1 atom stereocenters. The summed E-state index contributed by atoms with van der Waals surface area (Å²) in [7, 11) is 0. The van der Waals surface area contributed by atoms with Crippen LogP contribution in [-0.4, -0.2) is 10.2 Å². The molecule has 3 aromatic carbocycles. The first-order valence-corrected chi connectivity index (χ1v) is 10.6. The van der Waals surface area contributed by atoms with E-state index in [4.69, 9.17) is 0 Å². The van der Waals surface area contributed by atoms with Crippen LogP contribution in [0.2, 0.25) is 0 Å². The molecule has 158 valence electrons. The molecule has 2 nitrogen and oxygen atoms in total. The van der Waals surface area contributed by atoms with Gasteiger partial charge in [0.2, 0.25) is 0 Å². The SMILES string of the molecule is CC(C)(C)c1ccc(C(O)(c2ccc(C(C)(C)C)cc2)[C@H](O)c2ccccc2)cc1. The number of aliphatic hydroxyl groups is 2. The van der Waals surface area contributed by atoms with E-state index >= 15 is 0 Å². The van der Waals surface area contributed by atoms with Crippen LogP contribution in [0.15, 0.2) is 78.9 Å². The van der Waals surface area contributed by atoms with E-state index in [2.05, 4.69) is 41.5 Å². The summed E-state index contributed by atoms with van der Waals surface area (Å²) < 4.78 is 0. The second-order valence-electron chi connectivity index (χ2n) is 10.2. The number of benzene rings is 3. The van der Waals surface area contributed by atoms with Gasteiger partial charge in [0, 0.05) is 0 Å². The van der Waals surface area contributed by atoms with Crippen LogP contribution in [-0.2, 0) is 16.4 Å². The van der Waals surface area contributed by atoms with Crippen molar-refractivity contribution in [2.24, 2.45) is 0 Å². The van der Waals surface area contributed by atoms with E-state index < -0.39 is 11.7 Å². The molecule has 0 amide bonds. The fraction of sp³-hybridized carbons (Fsp3) is 0.357. The average molecular weight is 403 g/mol. The zero-order chi connectivity index (χ0) is 22.2. The van der Waals surface area contributed by atoms with Crippen molar-refractivity contribution in [3.8, 4) is 0 Å². The number of aliphatic hydroxyl groups excluding tert-OH is 1. The minimum atomic E-state index is -1.56. The van der Waals surface area contributed by atoms with Crippen LogP contribution >= 0.6 is 0 Å². The van der Waals surface area contributed by atoms with Gasteiger partial charge in [0.1, 0.15) is 11.7 Å². The fourth-order valence-corrected chi connectivity index (χ4v) is 3.81. The van der Waals surface area contributed by atoms with Gasteiger partial charge in [-0.15, -0.1) is 0 Å². The van der Waals surface area contributed by atoms with Crippen molar-refractivity contribution >= 4 is 0 Å². The van der Waals surface area contributed by atoms with Crippen molar-refractivity contribution in [1.82, 2.24) is 0 Å². The normalized spacial score (nSPS) is 13.9. The van der Waals surface area contributed by atoms with Gasteiger partial charge in [0.05, 0.1) is 0 Å². The second kappa shape index (κ2) is 8.02. The van der Waals surface area contributed by atoms with Gasteiger partial charge in [-0.25, -0.2) is 0 Å². The molecule has 30 heavy (non-hydrogen) atoms. The summed E-state index contributed by atoms with van der Waals surface area (Å²) in [5.41, 5.74) is 2.88. The topological polar surface area (TPSA) is 40.5 Å². The summed E-state index contributed by atoms with van der Waals surface area (Å²) in [4.78, 5) is 0. The Kier molecular flexibility index (Phi) is 5.95. The minimum absolute atomic E-state index is 0.0169. The van der Waals surface area contributed by atoms with Gasteiger partial charge in [-0.05, 0) is 38.6 Å². The Bertz CT molecular complexity index is 899. The minimum Gasteiger partial charge on any atom is -0.385 e. The maximum absolute atomic E-state index is 12.0. The van der Waals surface area contributed by atoms with Gasteiger partial charge in [-0.1, -0.05) is 120 Å². The molecule has 2 heteroatoms. The second-order valence-corrected chi connectivity index (χ2v) is 10.2. The molecule has 0 radical (unpaired) electrons. The number of rotatable bonds is 4. The third kappa shape index (κ3) is 4.35. The van der Waals surface area contributed by atoms with E-state index in [0.717, 1.165) is 0 Å². The molecule has 2 N–H and O–H groups in total. The Balaban J connectivity index is 2.14. The molecule has 0 aromatic heterocycles. The first-order valence-electron chi connectivity index (χ1n) is 10.6. The van der Waals surface area contributed by atoms with E-state index in [-0.39, 0.29) is 10.8 Å². The van der Waals surface area contributed by atoms with Gasteiger partial charge >= 0.3 is 0 Å². The average Bonchev–Trinajstić information content (AvgIpc) is 2.72. The summed E-state index contributed by atoms with van der Waals surface area (Å²) >= 11 is 0. The van der Waals surface area contributed by atoms with E-state index in [1.54, 1.807) is 0 Å². The molecule has 0 spiro atoms. The standard InChI is InChI=1S/C28H34O2/c1-26(2,3)21-12-16-23(17-13-21)28(30,25(29)20-10-8-7-9-11-20)24-18-14-22(15-19-24)27(4,5)6/h7-19,25,29-30H,1-6H3/t25-/m1/s1. The monoisotopic (exact) mass is 402 g/mol. The number of hydrogen-bond donors (Lipinski definition) is 2. The lowest BCUT2D eigenvalue weighted by Gasteiger charge is -2.35. The van der Waals surface area contributed by atoms with Crippen molar-refractivity contribution in [3.63, 3.8) is 0 Å². The lowest BCUT2D eigenvalue weighted by molar-refractivity contribution is -0.0518. The van der Waals surface area contributed by atoms with E-state index in [1.807, 2.05) is 78.9 Å². The Hall–Kier alpha value is -2.42. The quantitative estimate of drug-likeness (QED) is 0.541. The first kappa shape index (κ1) is 22.3. The first-order chi connectivity index (χ1) is 13.9. The maximum Gasteiger partial charge on any atom is 0.145 e. The van der Waals surface area contributed by atoms with Crippen LogP contribution in [0.25, 0.3) is 0 Å². The van der Waals surface area contributed by atoms with Crippen LogP contribution in [0.3, 0.4) is 0 Å². The molecule has 0 heterocycles. The van der Waals surface area contributed by atoms with Crippen LogP contribution in [0.4, 0.5) is 0 Å². The summed E-state index contributed by atoms with van der Waals surface area (Å²) in [6.45, 7) is 13.0. The summed E-state index contributed by atoms with van der Waals surface area (Å²) in [6, 6.07) is 25.3. The zero-order valence-corrected chi connectivity index (χ0v) is 19.0. The van der Waals surface area contributed by atoms with Crippen LogP contribution in [0.5, 0.6) is 0 Å². The molecule has 0 fully saturated rings. The highest BCUT2D eigenvalue weighted by molar-refractivity contribution is 5.43. The van der Waals surface area contributed by atoms with Gasteiger partial charge in [0.15, 0.2) is 0 Å². The Morgan fingerprint density at radius 3 is 1.20 bits per heavy atom. The third-order valence-corrected chi connectivity index (χ3v) is 5.89. The molecule has 0 saturated carbocycles. The van der Waals surface area contributed by atoms with Crippen molar-refractivity contribution in [3.05, 3.63) is 107 Å². The fourth-order valence-electron chi connectivity index (χ4n) is 3.81. The lowest BCUT2D eigenvalue weighted by atomic mass is 9.76. The molecule has 0 aliphatic rings. The summed E-state index contributed by atoms with van der Waals surface area (Å²) in [6.07, 6.45) is -1.10. The lowest BCUT2D eigenvalue weighted by Crippen LogP contribution is -2.35. The van der Waals surface area contributed by atoms with Crippen LogP contribution < -0.4 is 0 Å². The highest BCUT2D eigenvalue weighted by Gasteiger charge is 2.40. The zero-order valence-electron chi connectivity index (χ0n) is 19.0. The molecule has 3 rings (SSSR count). The molecular formula is C28H34O2. The Morgan fingerprint density at radius 2 is 0.867 bits per heavy atom. The van der Waals surface area contributed by atoms with E-state index in [0.29, 0.717) is 16.7 Å². The number of hydrogen-bond acceptors (Lipinski definition) is 2. The predicted molar refractivity (Wildman–Crippen MR) is 125 cm³/mol. The Morgan fingerprint density at radius 1 is 0.533 bits per heavy atom. The maximum atomic E-state index is 12.0. The van der Waals surface area contributed by atoms with Gasteiger partial charge in [0.25, 0.3) is 0 Å². The molecule has 0 unspecified atom stereocenters.